The number of benzene rings is 1. The minimum absolute atomic E-state index is 0. The van der Waals surface area contributed by atoms with Crippen LogP contribution in [0.25, 0.3) is 0 Å². The fourth-order valence-electron chi connectivity index (χ4n) is 1.31. The summed E-state index contributed by atoms with van der Waals surface area (Å²) in [4.78, 5) is 11.5. The lowest BCUT2D eigenvalue weighted by Crippen LogP contribution is -2.33. The number of phenolic OH excluding ortho intramolecular Hbond substituents is 1. The Morgan fingerprint density at radius 1 is 1.56 bits per heavy atom. The Bertz CT molecular complexity index is 401. The molecular weight excluding hydrogens is 260 g/mol. The number of nitrogens with one attached hydrogen (secondary N) is 1. The minimum atomic E-state index is -1.31. The molecule has 0 aliphatic carbocycles. The fraction of sp³-hybridized carbons (Fsp3) is 0.364. The van der Waals surface area contributed by atoms with Gasteiger partial charge in [-0.1, -0.05) is 6.07 Å². The van der Waals surface area contributed by atoms with Crippen molar-refractivity contribution in [2.75, 3.05) is 20.2 Å². The summed E-state index contributed by atoms with van der Waals surface area (Å²) in [5, 5.41) is 21.6. The SMILES string of the molecule is COc1cc(C(O)C(=O)NCCN)ccc1O.Cl. The molecule has 0 saturated carbocycles. The molecule has 6 nitrogen and oxygen atoms in total. The van der Waals surface area contributed by atoms with Gasteiger partial charge in [0.2, 0.25) is 0 Å². The number of ether oxygens (including phenoxy) is 1. The molecule has 0 aliphatic rings. The lowest BCUT2D eigenvalue weighted by Gasteiger charge is -2.12. The molecule has 0 spiro atoms. The maximum atomic E-state index is 11.5. The molecule has 1 aromatic carbocycles. The van der Waals surface area contributed by atoms with E-state index in [1.54, 1.807) is 0 Å². The van der Waals surface area contributed by atoms with Gasteiger partial charge in [0, 0.05) is 13.1 Å². The molecule has 5 N–H and O–H groups in total. The highest BCUT2D eigenvalue weighted by atomic mass is 35.5. The third-order valence-corrected chi connectivity index (χ3v) is 2.21. The molecule has 0 radical (unpaired) electrons. The highest BCUT2D eigenvalue weighted by Gasteiger charge is 2.18. The Morgan fingerprint density at radius 3 is 2.78 bits per heavy atom. The Hall–Kier alpha value is -1.50. The largest absolute Gasteiger partial charge is 0.504 e. The molecule has 1 unspecified atom stereocenters. The molecule has 0 heterocycles. The number of aliphatic hydroxyl groups excluding tert-OH is 1. The number of hydrogen-bond acceptors (Lipinski definition) is 5. The topological polar surface area (TPSA) is 105 Å². The summed E-state index contributed by atoms with van der Waals surface area (Å²) in [7, 11) is 1.39. The van der Waals surface area contributed by atoms with Crippen LogP contribution in [0.2, 0.25) is 0 Å². The number of halogens is 1. The number of carbonyl (C=O) groups excluding carboxylic acids is 1. The first-order valence-corrected chi connectivity index (χ1v) is 5.13. The summed E-state index contributed by atoms with van der Waals surface area (Å²) >= 11 is 0. The predicted molar refractivity (Wildman–Crippen MR) is 68.9 cm³/mol. The number of amides is 1. The normalized spacial score (nSPS) is 11.3. The predicted octanol–water partition coefficient (Wildman–Crippen LogP) is -0.0691. The number of nitrogens with two attached hydrogens (primary N) is 1. The summed E-state index contributed by atoms with van der Waals surface area (Å²) in [5.41, 5.74) is 5.57. The summed E-state index contributed by atoms with van der Waals surface area (Å²) in [6.45, 7) is 0.600. The molecule has 0 aliphatic heterocycles. The van der Waals surface area contributed by atoms with E-state index in [1.165, 1.54) is 25.3 Å². The minimum Gasteiger partial charge on any atom is -0.504 e. The van der Waals surface area contributed by atoms with Crippen LogP contribution < -0.4 is 15.8 Å². The maximum absolute atomic E-state index is 11.5. The first-order valence-electron chi connectivity index (χ1n) is 5.13. The van der Waals surface area contributed by atoms with Crippen LogP contribution in [-0.2, 0) is 4.79 Å². The van der Waals surface area contributed by atoms with Gasteiger partial charge >= 0.3 is 0 Å². The zero-order chi connectivity index (χ0) is 12.8. The van der Waals surface area contributed by atoms with Crippen LogP contribution >= 0.6 is 12.4 Å². The van der Waals surface area contributed by atoms with Crippen LogP contribution in [0, 0.1) is 0 Å². The molecule has 0 bridgehead atoms. The number of phenols is 1. The van der Waals surface area contributed by atoms with E-state index >= 15 is 0 Å². The molecule has 1 amide bonds. The highest BCUT2D eigenvalue weighted by Crippen LogP contribution is 2.28. The standard InChI is InChI=1S/C11H16N2O4.ClH/c1-17-9-6-7(2-3-8(9)14)10(15)11(16)13-5-4-12;/h2-3,6,10,14-15H,4-5,12H2,1H3,(H,13,16);1H. The monoisotopic (exact) mass is 276 g/mol. The van der Waals surface area contributed by atoms with Crippen molar-refractivity contribution in [3.63, 3.8) is 0 Å². The van der Waals surface area contributed by atoms with Gasteiger partial charge in [0.1, 0.15) is 0 Å². The van der Waals surface area contributed by atoms with Crippen molar-refractivity contribution in [3.8, 4) is 11.5 Å². The van der Waals surface area contributed by atoms with E-state index in [2.05, 4.69) is 5.32 Å². The van der Waals surface area contributed by atoms with Gasteiger partial charge in [-0.25, -0.2) is 0 Å². The van der Waals surface area contributed by atoms with Crippen molar-refractivity contribution in [1.29, 1.82) is 0 Å². The van der Waals surface area contributed by atoms with E-state index in [0.29, 0.717) is 18.7 Å². The zero-order valence-corrected chi connectivity index (χ0v) is 10.7. The summed E-state index contributed by atoms with van der Waals surface area (Å²) < 4.78 is 4.88. The van der Waals surface area contributed by atoms with Crippen LogP contribution in [0.5, 0.6) is 11.5 Å². The van der Waals surface area contributed by atoms with Crippen molar-refractivity contribution in [2.24, 2.45) is 5.73 Å². The van der Waals surface area contributed by atoms with Crippen molar-refractivity contribution in [3.05, 3.63) is 23.8 Å². The summed E-state index contributed by atoms with van der Waals surface area (Å²) in [6.07, 6.45) is -1.31. The lowest BCUT2D eigenvalue weighted by atomic mass is 10.1. The summed E-state index contributed by atoms with van der Waals surface area (Å²) in [5.74, 6) is -0.387. The van der Waals surface area contributed by atoms with Crippen molar-refractivity contribution in [1.82, 2.24) is 5.32 Å². The van der Waals surface area contributed by atoms with E-state index in [9.17, 15) is 15.0 Å². The Kier molecular flexibility index (Phi) is 7.11. The number of hydrogen-bond donors (Lipinski definition) is 4. The molecule has 102 valence electrons. The molecule has 0 fully saturated rings. The smallest absolute Gasteiger partial charge is 0.253 e. The van der Waals surface area contributed by atoms with Crippen molar-refractivity contribution in [2.45, 2.75) is 6.10 Å². The lowest BCUT2D eigenvalue weighted by molar-refractivity contribution is -0.129. The molecular formula is C11H17ClN2O4. The van der Waals surface area contributed by atoms with E-state index in [1.807, 2.05) is 0 Å². The van der Waals surface area contributed by atoms with E-state index in [4.69, 9.17) is 10.5 Å². The average molecular weight is 277 g/mol. The third-order valence-electron chi connectivity index (χ3n) is 2.21. The fourth-order valence-corrected chi connectivity index (χ4v) is 1.31. The third kappa shape index (κ3) is 4.06. The average Bonchev–Trinajstić information content (AvgIpc) is 2.35. The van der Waals surface area contributed by atoms with E-state index in [-0.39, 0.29) is 23.9 Å². The molecule has 0 saturated heterocycles. The quantitative estimate of drug-likeness (QED) is 0.603. The first-order chi connectivity index (χ1) is 8.10. The molecule has 7 heteroatoms. The van der Waals surface area contributed by atoms with Crippen LogP contribution in [0.4, 0.5) is 0 Å². The Labute approximate surface area is 111 Å². The second kappa shape index (κ2) is 7.75. The van der Waals surface area contributed by atoms with Gasteiger partial charge in [0.05, 0.1) is 7.11 Å². The van der Waals surface area contributed by atoms with Gasteiger partial charge in [-0.15, -0.1) is 12.4 Å². The number of aromatic hydroxyl groups is 1. The molecule has 18 heavy (non-hydrogen) atoms. The van der Waals surface area contributed by atoms with Gasteiger partial charge < -0.3 is 26.0 Å². The molecule has 0 aromatic heterocycles. The van der Waals surface area contributed by atoms with E-state index < -0.39 is 12.0 Å². The number of methoxy groups -OCH3 is 1. The number of aliphatic hydroxyl groups is 1. The second-order valence-electron chi connectivity index (χ2n) is 3.41. The Morgan fingerprint density at radius 2 is 2.22 bits per heavy atom. The van der Waals surface area contributed by atoms with Crippen molar-refractivity contribution >= 4 is 18.3 Å². The molecule has 1 aromatic rings. The highest BCUT2D eigenvalue weighted by molar-refractivity contribution is 5.85. The van der Waals surface area contributed by atoms with Crippen LogP contribution in [-0.4, -0.2) is 36.3 Å². The second-order valence-corrected chi connectivity index (χ2v) is 3.41. The first kappa shape index (κ1) is 16.5. The van der Waals surface area contributed by atoms with E-state index in [0.717, 1.165) is 0 Å². The Balaban J connectivity index is 0.00000289. The zero-order valence-electron chi connectivity index (χ0n) is 9.92. The molecule has 1 atom stereocenters. The van der Waals surface area contributed by atoms with Crippen LogP contribution in [0.3, 0.4) is 0 Å². The van der Waals surface area contributed by atoms with Crippen LogP contribution in [0.15, 0.2) is 18.2 Å². The summed E-state index contributed by atoms with van der Waals surface area (Å²) in [6, 6.07) is 4.21. The maximum Gasteiger partial charge on any atom is 0.253 e. The van der Waals surface area contributed by atoms with Crippen LogP contribution in [0.1, 0.15) is 11.7 Å². The van der Waals surface area contributed by atoms with Crippen molar-refractivity contribution < 1.29 is 19.7 Å². The van der Waals surface area contributed by atoms with Gasteiger partial charge in [-0.2, -0.15) is 0 Å². The molecule has 1 rings (SSSR count). The number of rotatable bonds is 5. The van der Waals surface area contributed by atoms with Gasteiger partial charge in [-0.05, 0) is 17.7 Å². The van der Waals surface area contributed by atoms with Gasteiger partial charge in [-0.3, -0.25) is 4.79 Å². The number of carbonyl (C=O) groups is 1. The van der Waals surface area contributed by atoms with Gasteiger partial charge in [0.25, 0.3) is 5.91 Å². The van der Waals surface area contributed by atoms with Gasteiger partial charge in [0.15, 0.2) is 17.6 Å².